The number of hydroxylamine groups is 1. The van der Waals surface area contributed by atoms with Crippen LogP contribution in [0.25, 0.3) is 10.8 Å². The maximum Gasteiger partial charge on any atom is 0.314 e. The van der Waals surface area contributed by atoms with Crippen molar-refractivity contribution < 1.29 is 32.4 Å². The van der Waals surface area contributed by atoms with Crippen LogP contribution in [-0.2, 0) is 34.0 Å². The quantitative estimate of drug-likeness (QED) is 0.315. The fourth-order valence-corrected chi connectivity index (χ4v) is 7.51. The zero-order chi connectivity index (χ0) is 29.1. The van der Waals surface area contributed by atoms with Crippen molar-refractivity contribution in [1.82, 2.24) is 19.2 Å². The lowest BCUT2D eigenvalue weighted by atomic mass is 10.1. The number of carbonyl (C=O) groups excluding carboxylic acids is 3. The first kappa shape index (κ1) is 29.7. The Morgan fingerprint density at radius 3 is 2.61 bits per heavy atom. The molecule has 3 saturated heterocycles. The van der Waals surface area contributed by atoms with Gasteiger partial charge in [0.1, 0.15) is 12.1 Å². The van der Waals surface area contributed by atoms with E-state index in [0.717, 1.165) is 25.0 Å². The molecule has 1 unspecified atom stereocenters. The summed E-state index contributed by atoms with van der Waals surface area (Å²) in [6.45, 7) is 5.88. The van der Waals surface area contributed by atoms with Crippen LogP contribution in [0.3, 0.4) is 0 Å². The maximum atomic E-state index is 13.6. The van der Waals surface area contributed by atoms with Crippen molar-refractivity contribution in [3.8, 4) is 0 Å². The molecule has 0 aliphatic carbocycles. The lowest BCUT2D eigenvalue weighted by Gasteiger charge is -2.38. The van der Waals surface area contributed by atoms with E-state index < -0.39 is 28.0 Å². The van der Waals surface area contributed by atoms with E-state index in [2.05, 4.69) is 4.90 Å². The van der Waals surface area contributed by atoms with Crippen LogP contribution in [0.4, 0.5) is 0 Å². The molecule has 222 valence electrons. The minimum absolute atomic E-state index is 0.0148. The number of hydrogen-bond acceptors (Lipinski definition) is 8. The molecule has 0 N–H and O–H groups in total. The first-order valence-corrected chi connectivity index (χ1v) is 15.8. The number of hydrogen-bond donors (Lipinski definition) is 0. The number of likely N-dealkylation sites (tertiary alicyclic amines) is 2. The number of morpholine rings is 1. The highest BCUT2D eigenvalue weighted by Crippen LogP contribution is 2.29. The predicted molar refractivity (Wildman–Crippen MR) is 151 cm³/mol. The number of fused-ring (bicyclic) bond motifs is 1. The van der Waals surface area contributed by atoms with Crippen LogP contribution < -0.4 is 0 Å². The van der Waals surface area contributed by atoms with E-state index in [0.29, 0.717) is 34.6 Å². The third kappa shape index (κ3) is 6.36. The van der Waals surface area contributed by atoms with Crippen LogP contribution in [0.5, 0.6) is 0 Å². The molecule has 2 aromatic carbocycles. The highest BCUT2D eigenvalue weighted by molar-refractivity contribution is 7.89. The Kier molecular flexibility index (Phi) is 9.15. The molecule has 3 aliphatic heterocycles. The van der Waals surface area contributed by atoms with Crippen LogP contribution in [0.2, 0.25) is 5.02 Å². The molecule has 5 rings (SSSR count). The van der Waals surface area contributed by atoms with Gasteiger partial charge in [0.25, 0.3) is 10.0 Å². The Morgan fingerprint density at radius 2 is 1.85 bits per heavy atom. The Morgan fingerprint density at radius 1 is 1.12 bits per heavy atom. The van der Waals surface area contributed by atoms with Crippen molar-refractivity contribution in [2.24, 2.45) is 0 Å². The summed E-state index contributed by atoms with van der Waals surface area (Å²) in [5, 5.41) is 1.86. The fraction of sp³-hybridized carbons (Fsp3) is 0.536. The van der Waals surface area contributed by atoms with Gasteiger partial charge >= 0.3 is 6.47 Å². The second-order valence-electron chi connectivity index (χ2n) is 10.8. The Hall–Kier alpha value is -2.77. The molecule has 3 fully saturated rings. The number of nitrogens with zero attached hydrogens (tertiary/aromatic N) is 4. The number of sulfonamides is 1. The molecule has 0 saturated carbocycles. The van der Waals surface area contributed by atoms with Gasteiger partial charge in [0.05, 0.1) is 17.6 Å². The van der Waals surface area contributed by atoms with E-state index in [1.165, 1.54) is 36.3 Å². The highest BCUT2D eigenvalue weighted by atomic mass is 35.5. The molecule has 3 aliphatic rings. The molecule has 11 nitrogen and oxygen atoms in total. The van der Waals surface area contributed by atoms with Gasteiger partial charge in [-0.15, -0.1) is 0 Å². The van der Waals surface area contributed by atoms with Gasteiger partial charge in [-0.25, -0.2) is 8.42 Å². The number of ether oxygens (including phenoxy) is 1. The van der Waals surface area contributed by atoms with E-state index in [1.54, 1.807) is 36.1 Å². The largest absolute Gasteiger partial charge is 0.373 e. The molecule has 0 bridgehead atoms. The topological polar surface area (TPSA) is 117 Å². The molecule has 3 atom stereocenters. The van der Waals surface area contributed by atoms with Crippen LogP contribution in [0.1, 0.15) is 32.6 Å². The van der Waals surface area contributed by atoms with E-state index in [9.17, 15) is 22.8 Å². The Balaban J connectivity index is 1.28. The van der Waals surface area contributed by atoms with E-state index in [1.807, 2.05) is 0 Å². The van der Waals surface area contributed by atoms with Gasteiger partial charge in [-0.05, 0) is 78.8 Å². The number of carbonyl (C=O) groups is 3. The number of piperidine rings is 1. The van der Waals surface area contributed by atoms with Crippen LogP contribution in [0.15, 0.2) is 41.3 Å². The van der Waals surface area contributed by atoms with Gasteiger partial charge in [-0.1, -0.05) is 30.2 Å². The monoisotopic (exact) mass is 606 g/mol. The molecule has 2 aromatic rings. The number of halogens is 1. The average molecular weight is 607 g/mol. The summed E-state index contributed by atoms with van der Waals surface area (Å²) in [7, 11) is -4.41. The zero-order valence-corrected chi connectivity index (χ0v) is 24.6. The third-order valence-electron chi connectivity index (χ3n) is 8.11. The van der Waals surface area contributed by atoms with Crippen molar-refractivity contribution in [2.45, 2.75) is 55.7 Å². The summed E-state index contributed by atoms with van der Waals surface area (Å²) in [5.41, 5.74) is 0. The highest BCUT2D eigenvalue weighted by Gasteiger charge is 2.47. The minimum atomic E-state index is -4.41. The number of rotatable bonds is 9. The summed E-state index contributed by atoms with van der Waals surface area (Å²) in [6.07, 6.45) is 3.54. The molecular formula is C28H35ClN4O7S. The molecule has 41 heavy (non-hydrogen) atoms. The molecule has 0 spiro atoms. The first-order valence-electron chi connectivity index (χ1n) is 14.0. The number of benzene rings is 2. The lowest BCUT2D eigenvalue weighted by molar-refractivity contribution is -0.164. The van der Waals surface area contributed by atoms with Crippen molar-refractivity contribution in [2.75, 3.05) is 45.9 Å². The van der Waals surface area contributed by atoms with Crippen molar-refractivity contribution in [3.63, 3.8) is 0 Å². The Labute approximate surface area is 244 Å². The molecule has 0 radical (unpaired) electrons. The summed E-state index contributed by atoms with van der Waals surface area (Å²) in [4.78, 5) is 48.6. The summed E-state index contributed by atoms with van der Waals surface area (Å²) >= 11 is 6.04. The first-order chi connectivity index (χ1) is 19.7. The van der Waals surface area contributed by atoms with Crippen LogP contribution in [-0.4, -0.2) is 110 Å². The summed E-state index contributed by atoms with van der Waals surface area (Å²) < 4.78 is 33.5. The molecule has 2 amide bonds. The molecular weight excluding hydrogens is 572 g/mol. The van der Waals surface area contributed by atoms with Crippen LogP contribution in [0, 0.1) is 0 Å². The SMILES string of the molecule is C[C@@H](C(=O)N1CCOC(CN2CCCCC2)C1)N1CC[C@H](N(OC=O)S(=O)(=O)c2ccc3cc(Cl)ccc3c2)C1=O. The number of amides is 2. The average Bonchev–Trinajstić information content (AvgIpc) is 3.35. The summed E-state index contributed by atoms with van der Waals surface area (Å²) in [5.74, 6) is -0.813. The fourth-order valence-electron chi connectivity index (χ4n) is 5.92. The van der Waals surface area contributed by atoms with Gasteiger partial charge in [0.2, 0.25) is 11.8 Å². The standard InChI is InChI=1S/C28H35ClN4O7S/c1-20(27(35)31-13-14-39-24(18-31)17-30-10-3-2-4-11-30)32-12-9-26(28(32)36)33(40-19-34)41(37,38)25-8-6-21-15-23(29)7-5-22(21)16-25/h5-8,15-16,19-20,24,26H,2-4,9-14,17-18H2,1H3/t20-,24?,26-/m0/s1. The zero-order valence-electron chi connectivity index (χ0n) is 23.0. The van der Waals surface area contributed by atoms with E-state index in [-0.39, 0.29) is 36.3 Å². The summed E-state index contributed by atoms with van der Waals surface area (Å²) in [6, 6.07) is 7.32. The van der Waals surface area contributed by atoms with Gasteiger partial charge < -0.3 is 24.3 Å². The third-order valence-corrected chi connectivity index (χ3v) is 10.0. The Bertz CT molecular complexity index is 1400. The normalized spacial score (nSPS) is 23.2. The van der Waals surface area contributed by atoms with Crippen LogP contribution >= 0.6 is 11.6 Å². The van der Waals surface area contributed by atoms with Crippen molar-refractivity contribution in [1.29, 1.82) is 0 Å². The molecule has 13 heteroatoms. The lowest BCUT2D eigenvalue weighted by Crippen LogP contribution is -2.56. The van der Waals surface area contributed by atoms with Gasteiger partial charge in [0.15, 0.2) is 0 Å². The maximum absolute atomic E-state index is 13.6. The smallest absolute Gasteiger partial charge is 0.314 e. The van der Waals surface area contributed by atoms with Gasteiger partial charge in [-0.3, -0.25) is 14.4 Å². The molecule has 3 heterocycles. The molecule has 0 aromatic heterocycles. The van der Waals surface area contributed by atoms with Gasteiger partial charge in [0, 0.05) is 31.2 Å². The van der Waals surface area contributed by atoms with Gasteiger partial charge in [-0.2, -0.15) is 0 Å². The van der Waals surface area contributed by atoms with Crippen molar-refractivity contribution >= 4 is 50.7 Å². The minimum Gasteiger partial charge on any atom is -0.373 e. The van der Waals surface area contributed by atoms with E-state index in [4.69, 9.17) is 21.2 Å². The second-order valence-corrected chi connectivity index (χ2v) is 13.0. The predicted octanol–water partition coefficient (Wildman–Crippen LogP) is 2.27. The van der Waals surface area contributed by atoms with Crippen molar-refractivity contribution in [3.05, 3.63) is 41.4 Å². The van der Waals surface area contributed by atoms with E-state index >= 15 is 0 Å². The second kappa shape index (κ2) is 12.6.